The molecule has 186 valence electrons. The zero-order valence-electron chi connectivity index (χ0n) is 21.5. The lowest BCUT2D eigenvalue weighted by Crippen LogP contribution is -2.24. The molecule has 2 aromatic heterocycles. The number of rotatable bonds is 1. The minimum atomic E-state index is -0.00845. The van der Waals surface area contributed by atoms with Crippen LogP contribution < -0.4 is 5.32 Å². The third kappa shape index (κ3) is 2.45. The highest BCUT2D eigenvalue weighted by Crippen LogP contribution is 2.47. The van der Waals surface area contributed by atoms with Gasteiger partial charge in [0.25, 0.3) is 0 Å². The molecule has 6 aromatic carbocycles. The van der Waals surface area contributed by atoms with Crippen LogP contribution >= 0.6 is 0 Å². The Morgan fingerprint density at radius 3 is 2.20 bits per heavy atom. The molecule has 8 aromatic rings. The number of para-hydroxylation sites is 4. The fourth-order valence-electron chi connectivity index (χ4n) is 7.21. The lowest BCUT2D eigenvalue weighted by atomic mass is 10.0. The first-order chi connectivity index (χ1) is 19.8. The van der Waals surface area contributed by atoms with E-state index in [1.54, 1.807) is 0 Å². The first-order valence-corrected chi connectivity index (χ1v) is 13.8. The molecule has 0 aliphatic carbocycles. The second kappa shape index (κ2) is 7.19. The number of fused-ring (bicyclic) bond motifs is 12. The van der Waals surface area contributed by atoms with E-state index in [0.29, 0.717) is 0 Å². The number of anilines is 1. The zero-order chi connectivity index (χ0) is 25.9. The fourth-order valence-corrected chi connectivity index (χ4v) is 7.21. The molecule has 2 aliphatic heterocycles. The molecule has 10 rings (SSSR count). The molecule has 40 heavy (non-hydrogen) atoms. The smallest absolute Gasteiger partial charge is 0.141 e. The van der Waals surface area contributed by atoms with Crippen LogP contribution in [0.4, 0.5) is 11.4 Å². The van der Waals surface area contributed by atoms with Crippen LogP contribution in [0.2, 0.25) is 0 Å². The van der Waals surface area contributed by atoms with Gasteiger partial charge in [0.1, 0.15) is 11.9 Å². The average molecular weight is 511 g/mol. The Kier molecular flexibility index (Phi) is 3.70. The molecule has 1 unspecified atom stereocenters. The average Bonchev–Trinajstić information content (AvgIpc) is 3.64. The van der Waals surface area contributed by atoms with Crippen molar-refractivity contribution in [2.45, 2.75) is 6.04 Å². The highest BCUT2D eigenvalue weighted by molar-refractivity contribution is 6.24. The maximum atomic E-state index is 5.21. The van der Waals surface area contributed by atoms with Gasteiger partial charge in [-0.2, -0.15) is 0 Å². The number of nitrogens with zero attached hydrogens (tertiary/aromatic N) is 3. The summed E-state index contributed by atoms with van der Waals surface area (Å²) >= 11 is 0. The molecule has 4 heteroatoms. The summed E-state index contributed by atoms with van der Waals surface area (Å²) in [7, 11) is 0. The van der Waals surface area contributed by atoms with Crippen molar-refractivity contribution in [1.82, 2.24) is 9.13 Å². The van der Waals surface area contributed by atoms with Crippen molar-refractivity contribution in [2.75, 3.05) is 5.32 Å². The number of benzene rings is 6. The van der Waals surface area contributed by atoms with Gasteiger partial charge in [0, 0.05) is 32.8 Å². The van der Waals surface area contributed by atoms with Crippen LogP contribution in [0.1, 0.15) is 11.6 Å². The minimum Gasteiger partial charge on any atom is -0.370 e. The van der Waals surface area contributed by atoms with E-state index in [4.69, 9.17) is 4.99 Å². The van der Waals surface area contributed by atoms with E-state index in [-0.39, 0.29) is 6.04 Å². The van der Waals surface area contributed by atoms with Gasteiger partial charge in [-0.05, 0) is 53.2 Å². The number of aromatic nitrogens is 2. The van der Waals surface area contributed by atoms with Gasteiger partial charge < -0.3 is 9.88 Å². The Morgan fingerprint density at radius 1 is 0.575 bits per heavy atom. The van der Waals surface area contributed by atoms with E-state index in [1.807, 2.05) is 0 Å². The maximum Gasteiger partial charge on any atom is 0.141 e. The van der Waals surface area contributed by atoms with Gasteiger partial charge in [0.2, 0.25) is 0 Å². The van der Waals surface area contributed by atoms with Crippen molar-refractivity contribution in [1.29, 1.82) is 0 Å². The molecule has 0 saturated carbocycles. The fraction of sp³-hybridized carbons (Fsp3) is 0.0278. The van der Waals surface area contributed by atoms with Gasteiger partial charge in [-0.3, -0.25) is 4.57 Å². The Bertz CT molecular complexity index is 2420. The molecular weight excluding hydrogens is 488 g/mol. The maximum absolute atomic E-state index is 5.21. The first kappa shape index (κ1) is 20.6. The molecule has 1 atom stereocenters. The van der Waals surface area contributed by atoms with Crippen molar-refractivity contribution >= 4 is 71.6 Å². The number of hydrogen-bond donors (Lipinski definition) is 1. The number of nitrogens with one attached hydrogen (secondary N) is 1. The highest BCUT2D eigenvalue weighted by atomic mass is 15.2. The second-order valence-corrected chi connectivity index (χ2v) is 10.9. The van der Waals surface area contributed by atoms with Crippen LogP contribution in [0.15, 0.2) is 126 Å². The van der Waals surface area contributed by atoms with Crippen molar-refractivity contribution < 1.29 is 0 Å². The zero-order valence-corrected chi connectivity index (χ0v) is 21.5. The van der Waals surface area contributed by atoms with Crippen LogP contribution in [0, 0.1) is 0 Å². The monoisotopic (exact) mass is 510 g/mol. The summed E-state index contributed by atoms with van der Waals surface area (Å²) in [6.07, 6.45) is 0. The summed E-state index contributed by atoms with van der Waals surface area (Å²) in [5, 5.41) is 11.5. The minimum absolute atomic E-state index is 0.00845. The summed E-state index contributed by atoms with van der Waals surface area (Å²) in [4.78, 5) is 5.21. The predicted octanol–water partition coefficient (Wildman–Crippen LogP) is 9.10. The normalized spacial score (nSPS) is 15.6. The Morgan fingerprint density at radius 2 is 1.30 bits per heavy atom. The van der Waals surface area contributed by atoms with E-state index in [1.165, 1.54) is 65.6 Å². The summed E-state index contributed by atoms with van der Waals surface area (Å²) in [6.45, 7) is 0. The molecule has 0 bridgehead atoms. The SMILES string of the molecule is c1ccc2c(c1)N=C1C(N2)c2cc(-n3c4ccccc4c4c5ccccc5ccc43)cc3c4ccccc4n1c23. The van der Waals surface area contributed by atoms with Gasteiger partial charge in [-0.1, -0.05) is 78.9 Å². The van der Waals surface area contributed by atoms with Gasteiger partial charge in [0.05, 0.1) is 33.4 Å². The summed E-state index contributed by atoms with van der Waals surface area (Å²) in [5.74, 6) is 1.05. The Labute approximate surface area is 229 Å². The molecule has 0 radical (unpaired) electrons. The van der Waals surface area contributed by atoms with Crippen LogP contribution in [-0.4, -0.2) is 15.0 Å². The molecule has 2 aliphatic rings. The van der Waals surface area contributed by atoms with Crippen molar-refractivity contribution in [3.63, 3.8) is 0 Å². The van der Waals surface area contributed by atoms with E-state index in [9.17, 15) is 0 Å². The van der Waals surface area contributed by atoms with E-state index in [2.05, 4.69) is 136 Å². The van der Waals surface area contributed by atoms with E-state index in [0.717, 1.165) is 17.2 Å². The van der Waals surface area contributed by atoms with Gasteiger partial charge >= 0.3 is 0 Å². The molecule has 0 amide bonds. The largest absolute Gasteiger partial charge is 0.370 e. The lowest BCUT2D eigenvalue weighted by Gasteiger charge is -2.24. The van der Waals surface area contributed by atoms with Crippen LogP contribution in [0.25, 0.3) is 60.1 Å². The summed E-state index contributed by atoms with van der Waals surface area (Å²) in [5.41, 5.74) is 9.40. The van der Waals surface area contributed by atoms with Crippen LogP contribution in [-0.2, 0) is 0 Å². The third-order valence-electron chi connectivity index (χ3n) is 8.84. The van der Waals surface area contributed by atoms with Crippen molar-refractivity contribution in [3.8, 4) is 5.69 Å². The number of aliphatic imine (C=N–C) groups is 1. The van der Waals surface area contributed by atoms with Crippen LogP contribution in [0.5, 0.6) is 0 Å². The van der Waals surface area contributed by atoms with E-state index < -0.39 is 0 Å². The van der Waals surface area contributed by atoms with Gasteiger partial charge in [-0.25, -0.2) is 4.99 Å². The molecule has 0 spiro atoms. The molecular formula is C36H22N4. The first-order valence-electron chi connectivity index (χ1n) is 13.8. The standard InChI is InChI=1S/C36H22N4/c1-2-10-23-21(9-1)17-18-32-33(23)25-12-4-8-16-31(25)39(32)22-19-26-24-11-3-7-15-30(24)40-35(26)27(20-22)34-36(40)38-29-14-6-5-13-28(29)37-34/h1-20,34,37H. The van der Waals surface area contributed by atoms with Crippen LogP contribution in [0.3, 0.4) is 0 Å². The highest BCUT2D eigenvalue weighted by Gasteiger charge is 2.36. The Hall–Kier alpha value is -5.35. The summed E-state index contributed by atoms with van der Waals surface area (Å²) in [6, 6.07) is 43.9. The van der Waals surface area contributed by atoms with Gasteiger partial charge in [-0.15, -0.1) is 0 Å². The molecule has 0 fully saturated rings. The van der Waals surface area contributed by atoms with Gasteiger partial charge in [0.15, 0.2) is 0 Å². The topological polar surface area (TPSA) is 34.2 Å². The quantitative estimate of drug-likeness (QED) is 0.235. The second-order valence-electron chi connectivity index (χ2n) is 10.9. The molecule has 4 nitrogen and oxygen atoms in total. The van der Waals surface area contributed by atoms with E-state index >= 15 is 0 Å². The summed E-state index contributed by atoms with van der Waals surface area (Å²) < 4.78 is 4.82. The van der Waals surface area contributed by atoms with Crippen molar-refractivity contribution in [3.05, 3.63) is 127 Å². The molecule has 4 heterocycles. The van der Waals surface area contributed by atoms with Crippen molar-refractivity contribution in [2.24, 2.45) is 4.99 Å². The Balaban J connectivity index is 1.35. The third-order valence-corrected chi connectivity index (χ3v) is 8.84. The predicted molar refractivity (Wildman–Crippen MR) is 167 cm³/mol. The number of hydrogen-bond acceptors (Lipinski definition) is 2. The molecule has 0 saturated heterocycles. The molecule has 1 N–H and O–H groups in total. The lowest BCUT2D eigenvalue weighted by molar-refractivity contribution is 1.01.